The second-order valence-electron chi connectivity index (χ2n) is 3.72. The minimum Gasteiger partial charge on any atom is -0.486 e. The Labute approximate surface area is 109 Å². The average molecular weight is 261 g/mol. The zero-order chi connectivity index (χ0) is 13.7. The van der Waals surface area contributed by atoms with E-state index in [0.717, 1.165) is 0 Å². The summed E-state index contributed by atoms with van der Waals surface area (Å²) in [5.74, 6) is 0.633. The Morgan fingerprint density at radius 1 is 1.63 bits per heavy atom. The molecule has 0 unspecified atom stereocenters. The number of hydrogen-bond donors (Lipinski definition) is 2. The fourth-order valence-corrected chi connectivity index (χ4v) is 1.59. The van der Waals surface area contributed by atoms with Crippen LogP contribution in [0.4, 0.5) is 0 Å². The molecule has 0 radical (unpaired) electrons. The Balaban J connectivity index is 1.97. The van der Waals surface area contributed by atoms with E-state index in [1.165, 1.54) is 0 Å². The lowest BCUT2D eigenvalue weighted by Crippen LogP contribution is -2.29. The highest BCUT2D eigenvalue weighted by Crippen LogP contribution is 2.29. The Kier molecular flexibility index (Phi) is 3.83. The van der Waals surface area contributed by atoms with Gasteiger partial charge >= 0.3 is 0 Å². The maximum atomic E-state index is 11.2. The van der Waals surface area contributed by atoms with Gasteiger partial charge in [0.15, 0.2) is 6.61 Å². The number of ether oxygens (including phenoxy) is 2. The molecule has 0 aromatic heterocycles. The highest BCUT2D eigenvalue weighted by Gasteiger charge is 2.20. The van der Waals surface area contributed by atoms with Gasteiger partial charge in [-0.2, -0.15) is 5.26 Å². The van der Waals surface area contributed by atoms with Gasteiger partial charge in [0.1, 0.15) is 30.4 Å². The van der Waals surface area contributed by atoms with Crippen molar-refractivity contribution < 1.29 is 19.5 Å². The molecule has 0 fully saturated rings. The van der Waals surface area contributed by atoms with Crippen LogP contribution in [0.15, 0.2) is 23.4 Å². The highest BCUT2D eigenvalue weighted by atomic mass is 16.5. The lowest BCUT2D eigenvalue weighted by molar-refractivity contribution is -0.122. The molecule has 1 aromatic rings. The third-order valence-corrected chi connectivity index (χ3v) is 2.48. The molecule has 0 saturated carbocycles. The van der Waals surface area contributed by atoms with Gasteiger partial charge in [-0.3, -0.25) is 4.79 Å². The molecule has 0 atom stereocenters. The summed E-state index contributed by atoms with van der Waals surface area (Å²) in [5.41, 5.74) is 1.15. The van der Waals surface area contributed by atoms with Crippen LogP contribution in [0.3, 0.4) is 0 Å². The molecule has 0 saturated heterocycles. The van der Waals surface area contributed by atoms with Gasteiger partial charge in [-0.25, -0.2) is 0 Å². The van der Waals surface area contributed by atoms with Gasteiger partial charge in [-0.05, 0) is 12.1 Å². The summed E-state index contributed by atoms with van der Waals surface area (Å²) in [6, 6.07) is 6.76. The van der Waals surface area contributed by atoms with E-state index < -0.39 is 0 Å². The minimum absolute atomic E-state index is 0.0498. The van der Waals surface area contributed by atoms with Crippen molar-refractivity contribution in [2.75, 3.05) is 19.8 Å². The third-order valence-electron chi connectivity index (χ3n) is 2.48. The molecule has 19 heavy (non-hydrogen) atoms. The fraction of sp³-hybridized carbons (Fsp3) is 0.250. The van der Waals surface area contributed by atoms with E-state index in [2.05, 4.69) is 10.5 Å². The predicted molar refractivity (Wildman–Crippen MR) is 64.4 cm³/mol. The van der Waals surface area contributed by atoms with Gasteiger partial charge in [-0.1, -0.05) is 5.16 Å². The lowest BCUT2D eigenvalue weighted by Gasteiger charge is -2.06. The largest absolute Gasteiger partial charge is 0.486 e. The molecule has 1 aromatic carbocycles. The van der Waals surface area contributed by atoms with Gasteiger partial charge in [0.25, 0.3) is 5.91 Å². The molecule has 1 aliphatic heterocycles. The average Bonchev–Trinajstić information content (AvgIpc) is 2.85. The van der Waals surface area contributed by atoms with Crippen LogP contribution < -0.4 is 14.8 Å². The molecule has 7 heteroatoms. The first-order chi connectivity index (χ1) is 9.24. The van der Waals surface area contributed by atoms with Crippen LogP contribution in [-0.4, -0.2) is 36.6 Å². The number of nitrogens with zero attached hydrogens (tertiary/aromatic N) is 2. The van der Waals surface area contributed by atoms with Crippen molar-refractivity contribution in [2.24, 2.45) is 5.16 Å². The Bertz CT molecular complexity index is 563. The van der Waals surface area contributed by atoms with Crippen LogP contribution in [0.1, 0.15) is 5.56 Å². The molecule has 0 spiro atoms. The minimum atomic E-state index is -0.374. The van der Waals surface area contributed by atoms with Crippen LogP contribution in [0, 0.1) is 11.3 Å². The monoisotopic (exact) mass is 261 g/mol. The van der Waals surface area contributed by atoms with Crippen molar-refractivity contribution in [3.63, 3.8) is 0 Å². The van der Waals surface area contributed by atoms with Crippen LogP contribution in [-0.2, 0) is 4.79 Å². The van der Waals surface area contributed by atoms with Crippen molar-refractivity contribution in [1.82, 2.24) is 5.32 Å². The van der Waals surface area contributed by atoms with E-state index in [1.807, 2.05) is 0 Å². The number of nitriles is 1. The molecule has 1 heterocycles. The summed E-state index contributed by atoms with van der Waals surface area (Å²) in [4.78, 5) is 11.2. The second kappa shape index (κ2) is 5.73. The van der Waals surface area contributed by atoms with Crippen molar-refractivity contribution in [3.8, 4) is 17.6 Å². The first-order valence-electron chi connectivity index (χ1n) is 5.49. The number of amides is 1. The van der Waals surface area contributed by atoms with Crippen molar-refractivity contribution in [3.05, 3.63) is 23.8 Å². The van der Waals surface area contributed by atoms with E-state index in [-0.39, 0.29) is 25.7 Å². The van der Waals surface area contributed by atoms with Gasteiger partial charge in [0.2, 0.25) is 0 Å². The van der Waals surface area contributed by atoms with Gasteiger partial charge in [0, 0.05) is 11.6 Å². The Morgan fingerprint density at radius 3 is 3.21 bits per heavy atom. The maximum absolute atomic E-state index is 11.2. The number of carbonyl (C=O) groups excluding carboxylic acids is 1. The zero-order valence-electron chi connectivity index (χ0n) is 9.92. The van der Waals surface area contributed by atoms with Crippen LogP contribution >= 0.6 is 0 Å². The summed E-state index contributed by atoms with van der Waals surface area (Å²) in [7, 11) is 0. The first-order valence-corrected chi connectivity index (χ1v) is 5.49. The van der Waals surface area contributed by atoms with Gasteiger partial charge < -0.3 is 20.0 Å². The standard InChI is InChI=1S/C12H11N3O4/c13-3-4-14-12(16)7-18-8-1-2-9-10(15-17)6-19-11(9)5-8/h1-2,5,17H,4,6-7H2,(H,14,16). The molecule has 2 N–H and O–H groups in total. The molecule has 1 amide bonds. The van der Waals surface area contributed by atoms with E-state index in [0.29, 0.717) is 22.8 Å². The Hall–Kier alpha value is -2.75. The molecule has 0 aliphatic carbocycles. The number of carbonyl (C=O) groups is 1. The first kappa shape index (κ1) is 12.7. The van der Waals surface area contributed by atoms with Gasteiger partial charge in [-0.15, -0.1) is 0 Å². The lowest BCUT2D eigenvalue weighted by atomic mass is 10.1. The number of hydrogen-bond acceptors (Lipinski definition) is 6. The van der Waals surface area contributed by atoms with E-state index >= 15 is 0 Å². The summed E-state index contributed by atoms with van der Waals surface area (Å²) in [6.07, 6.45) is 0. The molecule has 7 nitrogen and oxygen atoms in total. The van der Waals surface area contributed by atoms with Crippen LogP contribution in [0.25, 0.3) is 0 Å². The summed E-state index contributed by atoms with van der Waals surface area (Å²) in [5, 5.41) is 22.5. The molecular formula is C12H11N3O4. The number of fused-ring (bicyclic) bond motifs is 1. The van der Waals surface area contributed by atoms with Crippen molar-refractivity contribution in [2.45, 2.75) is 0 Å². The van der Waals surface area contributed by atoms with Crippen molar-refractivity contribution in [1.29, 1.82) is 5.26 Å². The highest BCUT2D eigenvalue weighted by molar-refractivity contribution is 6.06. The molecular weight excluding hydrogens is 250 g/mol. The number of nitrogens with one attached hydrogen (secondary N) is 1. The molecule has 0 bridgehead atoms. The van der Waals surface area contributed by atoms with E-state index in [9.17, 15) is 4.79 Å². The normalized spacial score (nSPS) is 14.4. The topological polar surface area (TPSA) is 104 Å². The molecule has 98 valence electrons. The smallest absolute Gasteiger partial charge is 0.258 e. The van der Waals surface area contributed by atoms with Crippen LogP contribution in [0.2, 0.25) is 0 Å². The maximum Gasteiger partial charge on any atom is 0.258 e. The Morgan fingerprint density at radius 2 is 2.47 bits per heavy atom. The van der Waals surface area contributed by atoms with Gasteiger partial charge in [0.05, 0.1) is 6.07 Å². The zero-order valence-corrected chi connectivity index (χ0v) is 9.92. The number of benzene rings is 1. The molecule has 1 aliphatic rings. The third kappa shape index (κ3) is 2.93. The van der Waals surface area contributed by atoms with E-state index in [4.69, 9.17) is 19.9 Å². The predicted octanol–water partition coefficient (Wildman–Crippen LogP) is 0.276. The molecule has 2 rings (SSSR count). The second-order valence-corrected chi connectivity index (χ2v) is 3.72. The fourth-order valence-electron chi connectivity index (χ4n) is 1.59. The number of oxime groups is 1. The summed E-state index contributed by atoms with van der Waals surface area (Å²) < 4.78 is 10.6. The van der Waals surface area contributed by atoms with Crippen molar-refractivity contribution >= 4 is 11.6 Å². The van der Waals surface area contributed by atoms with Crippen LogP contribution in [0.5, 0.6) is 11.5 Å². The summed E-state index contributed by atoms with van der Waals surface area (Å²) in [6.45, 7) is -0.0226. The summed E-state index contributed by atoms with van der Waals surface area (Å²) >= 11 is 0. The number of rotatable bonds is 4. The quantitative estimate of drug-likeness (QED) is 0.460. The van der Waals surface area contributed by atoms with E-state index in [1.54, 1.807) is 24.3 Å². The SMILES string of the molecule is N#CCNC(=O)COc1ccc2c(c1)OCC2=NO.